The summed E-state index contributed by atoms with van der Waals surface area (Å²) >= 11 is 0. The van der Waals surface area contributed by atoms with Crippen molar-refractivity contribution >= 4 is 11.6 Å². The highest BCUT2D eigenvalue weighted by Crippen LogP contribution is 2.22. The summed E-state index contributed by atoms with van der Waals surface area (Å²) in [5.74, 6) is 0.624. The Morgan fingerprint density at radius 1 is 1.11 bits per heavy atom. The maximum Gasteiger partial charge on any atom is 0.270 e. The van der Waals surface area contributed by atoms with Crippen molar-refractivity contribution in [3.8, 4) is 5.75 Å². The number of likely N-dealkylation sites (tertiary alicyclic amines) is 1. The molecule has 1 fully saturated rings. The van der Waals surface area contributed by atoms with Gasteiger partial charge < -0.3 is 9.64 Å². The molecule has 0 aliphatic carbocycles. The van der Waals surface area contributed by atoms with Gasteiger partial charge in [0.1, 0.15) is 23.1 Å². The van der Waals surface area contributed by atoms with E-state index >= 15 is 0 Å². The molecule has 0 saturated carbocycles. The molecule has 1 aliphatic rings. The van der Waals surface area contributed by atoms with E-state index in [1.165, 1.54) is 10.6 Å². The van der Waals surface area contributed by atoms with Crippen LogP contribution in [-0.2, 0) is 0 Å². The van der Waals surface area contributed by atoms with Crippen molar-refractivity contribution < 1.29 is 9.53 Å². The predicted molar refractivity (Wildman–Crippen MR) is 102 cm³/mol. The molecule has 4 rings (SSSR count). The molecule has 0 radical (unpaired) electrons. The number of benzene rings is 1. The zero-order valence-electron chi connectivity index (χ0n) is 15.2. The lowest BCUT2D eigenvalue weighted by molar-refractivity contribution is 0.0592. The van der Waals surface area contributed by atoms with Gasteiger partial charge in [-0.2, -0.15) is 0 Å². The van der Waals surface area contributed by atoms with Crippen LogP contribution in [-0.4, -0.2) is 39.4 Å². The number of hydrogen-bond acceptors (Lipinski definition) is 4. The van der Waals surface area contributed by atoms with E-state index in [2.05, 4.69) is 4.98 Å². The van der Waals surface area contributed by atoms with E-state index in [4.69, 9.17) is 4.74 Å². The first-order chi connectivity index (χ1) is 13.1. The van der Waals surface area contributed by atoms with Crippen LogP contribution in [0.1, 0.15) is 28.8 Å². The lowest BCUT2D eigenvalue weighted by Gasteiger charge is -2.32. The maximum atomic E-state index is 12.8. The van der Waals surface area contributed by atoms with Crippen LogP contribution in [0.15, 0.2) is 59.7 Å². The van der Waals surface area contributed by atoms with E-state index in [9.17, 15) is 9.59 Å². The van der Waals surface area contributed by atoms with E-state index in [1.54, 1.807) is 23.2 Å². The summed E-state index contributed by atoms with van der Waals surface area (Å²) in [5, 5.41) is 0. The minimum atomic E-state index is -0.330. The summed E-state index contributed by atoms with van der Waals surface area (Å²) < 4.78 is 7.49. The Kier molecular flexibility index (Phi) is 4.62. The minimum Gasteiger partial charge on any atom is -0.490 e. The largest absolute Gasteiger partial charge is 0.490 e. The number of pyridine rings is 1. The van der Waals surface area contributed by atoms with Crippen LogP contribution in [0.5, 0.6) is 5.75 Å². The Balaban J connectivity index is 1.45. The fourth-order valence-corrected chi connectivity index (χ4v) is 3.39. The van der Waals surface area contributed by atoms with Crippen molar-refractivity contribution in [2.45, 2.75) is 25.9 Å². The first kappa shape index (κ1) is 17.3. The molecule has 6 nitrogen and oxygen atoms in total. The minimum absolute atomic E-state index is 0.0750. The van der Waals surface area contributed by atoms with Crippen LogP contribution >= 0.6 is 0 Å². The number of piperidine rings is 1. The second-order valence-corrected chi connectivity index (χ2v) is 6.78. The summed E-state index contributed by atoms with van der Waals surface area (Å²) in [6.45, 7) is 3.15. The second kappa shape index (κ2) is 7.23. The molecule has 0 N–H and O–H groups in total. The van der Waals surface area contributed by atoms with Gasteiger partial charge in [-0.25, -0.2) is 4.98 Å². The summed E-state index contributed by atoms with van der Waals surface area (Å²) in [4.78, 5) is 31.4. The van der Waals surface area contributed by atoms with Gasteiger partial charge >= 0.3 is 0 Å². The number of rotatable bonds is 3. The number of aromatic nitrogens is 2. The highest BCUT2D eigenvalue weighted by molar-refractivity contribution is 5.93. The first-order valence-corrected chi connectivity index (χ1v) is 9.11. The highest BCUT2D eigenvalue weighted by Gasteiger charge is 2.26. The van der Waals surface area contributed by atoms with Gasteiger partial charge in [0.25, 0.3) is 11.5 Å². The third kappa shape index (κ3) is 3.43. The van der Waals surface area contributed by atoms with E-state index < -0.39 is 0 Å². The van der Waals surface area contributed by atoms with E-state index in [0.29, 0.717) is 18.7 Å². The smallest absolute Gasteiger partial charge is 0.270 e. The molecule has 3 aromatic rings. The van der Waals surface area contributed by atoms with Crippen molar-refractivity contribution in [1.29, 1.82) is 0 Å². The van der Waals surface area contributed by atoms with E-state index in [-0.39, 0.29) is 23.1 Å². The highest BCUT2D eigenvalue weighted by atomic mass is 16.5. The second-order valence-electron chi connectivity index (χ2n) is 6.78. The molecule has 1 aliphatic heterocycles. The fraction of sp³-hybridized carbons (Fsp3) is 0.286. The molecule has 27 heavy (non-hydrogen) atoms. The van der Waals surface area contributed by atoms with Gasteiger partial charge in [0.05, 0.1) is 0 Å². The van der Waals surface area contributed by atoms with Crippen molar-refractivity contribution in [2.24, 2.45) is 0 Å². The molecule has 2 aromatic heterocycles. The van der Waals surface area contributed by atoms with Gasteiger partial charge in [-0.3, -0.25) is 14.0 Å². The zero-order valence-corrected chi connectivity index (χ0v) is 15.2. The third-order valence-corrected chi connectivity index (χ3v) is 4.96. The molecule has 138 valence electrons. The van der Waals surface area contributed by atoms with Crippen molar-refractivity contribution in [3.05, 3.63) is 76.3 Å². The molecule has 0 atom stereocenters. The van der Waals surface area contributed by atoms with Gasteiger partial charge in [-0.1, -0.05) is 24.3 Å². The van der Waals surface area contributed by atoms with Crippen molar-refractivity contribution in [2.75, 3.05) is 13.1 Å². The number of carbonyl (C=O) groups excluding carboxylic acids is 1. The predicted octanol–water partition coefficient (Wildman–Crippen LogP) is 2.69. The molecule has 6 heteroatoms. The fourth-order valence-electron chi connectivity index (χ4n) is 3.39. The molecule has 1 amide bonds. The topological polar surface area (TPSA) is 63.9 Å². The summed E-state index contributed by atoms with van der Waals surface area (Å²) in [5.41, 5.74) is 1.41. The number of amides is 1. The lowest BCUT2D eigenvalue weighted by Crippen LogP contribution is -2.43. The summed E-state index contributed by atoms with van der Waals surface area (Å²) in [6.07, 6.45) is 4.57. The average Bonchev–Trinajstić information content (AvgIpc) is 2.70. The molecule has 1 aromatic carbocycles. The molecule has 3 heterocycles. The number of carbonyl (C=O) groups is 1. The van der Waals surface area contributed by atoms with E-state index in [0.717, 1.165) is 24.2 Å². The standard InChI is InChI=1S/C21H21N3O3/c1-15-6-2-3-7-18(15)27-16-9-12-23(13-10-16)20(25)17-14-22-19-8-4-5-11-24(19)21(17)26/h2-8,11,14,16H,9-10,12-13H2,1H3. The van der Waals surface area contributed by atoms with E-state index in [1.807, 2.05) is 37.3 Å². The van der Waals surface area contributed by atoms with Gasteiger partial charge in [0, 0.05) is 38.3 Å². The molecular formula is C21H21N3O3. The monoisotopic (exact) mass is 363 g/mol. The third-order valence-electron chi connectivity index (χ3n) is 4.96. The Morgan fingerprint density at radius 3 is 2.63 bits per heavy atom. The molecule has 1 saturated heterocycles. The Labute approximate surface area is 157 Å². The Morgan fingerprint density at radius 2 is 1.85 bits per heavy atom. The van der Waals surface area contributed by atoms with Gasteiger partial charge in [-0.05, 0) is 30.7 Å². The number of nitrogens with zero attached hydrogens (tertiary/aromatic N) is 3. The normalized spacial score (nSPS) is 15.1. The number of ether oxygens (including phenoxy) is 1. The Bertz CT molecular complexity index is 1040. The first-order valence-electron chi connectivity index (χ1n) is 9.11. The average molecular weight is 363 g/mol. The van der Waals surface area contributed by atoms with Crippen molar-refractivity contribution in [1.82, 2.24) is 14.3 Å². The molecular weight excluding hydrogens is 342 g/mol. The molecule has 0 unspecified atom stereocenters. The van der Waals surface area contributed by atoms with Crippen LogP contribution in [0.2, 0.25) is 0 Å². The SMILES string of the molecule is Cc1ccccc1OC1CCN(C(=O)c2cnc3ccccn3c2=O)CC1. The van der Waals surface area contributed by atoms with Crippen LogP contribution in [0.3, 0.4) is 0 Å². The van der Waals surface area contributed by atoms with Crippen LogP contribution in [0.4, 0.5) is 0 Å². The number of para-hydroxylation sites is 1. The van der Waals surface area contributed by atoms with Crippen molar-refractivity contribution in [3.63, 3.8) is 0 Å². The molecule has 0 spiro atoms. The number of aryl methyl sites for hydroxylation is 1. The summed E-state index contributed by atoms with van der Waals surface area (Å²) in [7, 11) is 0. The van der Waals surface area contributed by atoms with Crippen LogP contribution < -0.4 is 10.3 Å². The maximum absolute atomic E-state index is 12.8. The Hall–Kier alpha value is -3.15. The number of fused-ring (bicyclic) bond motifs is 1. The summed E-state index contributed by atoms with van der Waals surface area (Å²) in [6, 6.07) is 13.2. The van der Waals surface area contributed by atoms with Gasteiger partial charge in [0.15, 0.2) is 0 Å². The zero-order chi connectivity index (χ0) is 18.8. The van der Waals surface area contributed by atoms with Crippen LogP contribution in [0.25, 0.3) is 5.65 Å². The van der Waals surface area contributed by atoms with Crippen LogP contribution in [0, 0.1) is 6.92 Å². The van der Waals surface area contributed by atoms with Gasteiger partial charge in [-0.15, -0.1) is 0 Å². The van der Waals surface area contributed by atoms with Gasteiger partial charge in [0.2, 0.25) is 0 Å². The lowest BCUT2D eigenvalue weighted by atomic mass is 10.1. The quantitative estimate of drug-likeness (QED) is 0.718. The number of hydrogen-bond donors (Lipinski definition) is 0. The molecule has 0 bridgehead atoms.